The summed E-state index contributed by atoms with van der Waals surface area (Å²) in [4.78, 5) is 35.8. The van der Waals surface area contributed by atoms with Gasteiger partial charge in [0.15, 0.2) is 4.80 Å². The lowest BCUT2D eigenvalue weighted by molar-refractivity contribution is -0.140. The molecule has 1 N–H and O–H groups in total. The Labute approximate surface area is 223 Å². The van der Waals surface area contributed by atoms with Crippen LogP contribution in [0.1, 0.15) is 37.9 Å². The number of nitrogens with zero attached hydrogens (tertiary/aromatic N) is 2. The molecule has 0 aliphatic carbocycles. The number of esters is 1. The van der Waals surface area contributed by atoms with Crippen LogP contribution >= 0.6 is 11.3 Å². The number of ether oxygens (including phenoxy) is 3. The van der Waals surface area contributed by atoms with Crippen molar-refractivity contribution in [3.8, 4) is 5.75 Å². The van der Waals surface area contributed by atoms with Crippen LogP contribution in [0.25, 0.3) is 17.0 Å². The topological polar surface area (TPSA) is 94.9 Å². The molecule has 0 spiro atoms. The van der Waals surface area contributed by atoms with E-state index < -0.39 is 12.0 Å². The number of aromatic nitrogens is 2. The van der Waals surface area contributed by atoms with Crippen LogP contribution in [0.5, 0.6) is 5.75 Å². The lowest BCUT2D eigenvalue weighted by atomic mass is 9.95. The van der Waals surface area contributed by atoms with Gasteiger partial charge in [-0.1, -0.05) is 47.7 Å². The average Bonchev–Trinajstić information content (AvgIpc) is 3.44. The van der Waals surface area contributed by atoms with E-state index >= 15 is 0 Å². The van der Waals surface area contributed by atoms with Gasteiger partial charge in [0.05, 0.1) is 28.5 Å². The van der Waals surface area contributed by atoms with Crippen LogP contribution < -0.4 is 19.6 Å². The Hall–Kier alpha value is -3.95. The number of methoxy groups -OCH3 is 1. The smallest absolute Gasteiger partial charge is 0.338 e. The molecule has 1 aliphatic heterocycles. The second kappa shape index (κ2) is 10.8. The Balaban J connectivity index is 1.71. The molecule has 0 amide bonds. The van der Waals surface area contributed by atoms with Gasteiger partial charge in [-0.2, -0.15) is 0 Å². The summed E-state index contributed by atoms with van der Waals surface area (Å²) in [5, 5.41) is 1.02. The first-order valence-corrected chi connectivity index (χ1v) is 13.2. The number of hydrogen-bond donors (Lipinski definition) is 1. The zero-order valence-electron chi connectivity index (χ0n) is 21.7. The summed E-state index contributed by atoms with van der Waals surface area (Å²) in [5.74, 6) is 0.0501. The van der Waals surface area contributed by atoms with E-state index in [1.54, 1.807) is 18.6 Å². The van der Waals surface area contributed by atoms with E-state index in [1.165, 1.54) is 11.3 Å². The summed E-state index contributed by atoms with van der Waals surface area (Å²) in [5.41, 5.74) is 3.14. The summed E-state index contributed by atoms with van der Waals surface area (Å²) in [6, 6.07) is 14.6. The molecule has 0 radical (unpaired) electrons. The SMILES string of the molecule is COCCOC(=O)C1=C(C)N=c2s/c(=C/c3c[nH]c4ccccc34)c(=O)n2[C@@H]1c1ccccc1OC(C)C. The monoisotopic (exact) mass is 531 g/mol. The lowest BCUT2D eigenvalue weighted by Crippen LogP contribution is -2.40. The average molecular weight is 532 g/mol. The van der Waals surface area contributed by atoms with Crippen LogP contribution in [-0.4, -0.2) is 41.9 Å². The van der Waals surface area contributed by atoms with Gasteiger partial charge in [-0.3, -0.25) is 9.36 Å². The van der Waals surface area contributed by atoms with Gasteiger partial charge in [-0.15, -0.1) is 0 Å². The van der Waals surface area contributed by atoms with Crippen molar-refractivity contribution in [2.75, 3.05) is 20.3 Å². The fourth-order valence-corrected chi connectivity index (χ4v) is 5.63. The number of hydrogen-bond acceptors (Lipinski definition) is 7. The Kier molecular flexibility index (Phi) is 7.31. The van der Waals surface area contributed by atoms with Crippen LogP contribution in [0.4, 0.5) is 0 Å². The van der Waals surface area contributed by atoms with Gasteiger partial charge in [0.2, 0.25) is 0 Å². The van der Waals surface area contributed by atoms with E-state index in [4.69, 9.17) is 14.2 Å². The van der Waals surface area contributed by atoms with Crippen LogP contribution in [0.2, 0.25) is 0 Å². The highest BCUT2D eigenvalue weighted by molar-refractivity contribution is 7.07. The minimum atomic E-state index is -0.763. The first-order chi connectivity index (χ1) is 18.4. The number of benzene rings is 2. The Morgan fingerprint density at radius 1 is 1.16 bits per heavy atom. The molecule has 0 saturated carbocycles. The fraction of sp³-hybridized carbons (Fsp3) is 0.276. The molecule has 2 aromatic heterocycles. The summed E-state index contributed by atoms with van der Waals surface area (Å²) in [7, 11) is 1.54. The predicted octanol–water partition coefficient (Wildman–Crippen LogP) is 3.69. The van der Waals surface area contributed by atoms with Crippen LogP contribution in [0.15, 0.2) is 75.8 Å². The molecule has 5 rings (SSSR count). The molecule has 0 saturated heterocycles. The maximum Gasteiger partial charge on any atom is 0.338 e. The third kappa shape index (κ3) is 4.82. The van der Waals surface area contributed by atoms with Crippen molar-refractivity contribution in [3.05, 3.63) is 96.8 Å². The molecule has 1 atom stereocenters. The summed E-state index contributed by atoms with van der Waals surface area (Å²) in [6.45, 7) is 5.99. The van der Waals surface area contributed by atoms with Crippen LogP contribution in [-0.2, 0) is 14.3 Å². The Morgan fingerprint density at radius 3 is 2.71 bits per heavy atom. The number of allylic oxidation sites excluding steroid dienone is 1. The number of fused-ring (bicyclic) bond motifs is 2. The summed E-state index contributed by atoms with van der Waals surface area (Å²) in [6.07, 6.45) is 3.65. The van der Waals surface area contributed by atoms with Gasteiger partial charge in [-0.05, 0) is 39.0 Å². The number of rotatable bonds is 8. The van der Waals surface area contributed by atoms with Gasteiger partial charge in [0.1, 0.15) is 18.4 Å². The molecular formula is C29H29N3O5S. The number of carbonyl (C=O) groups excluding carboxylic acids is 1. The first-order valence-electron chi connectivity index (χ1n) is 12.4. The van der Waals surface area contributed by atoms with E-state index in [1.807, 2.05) is 74.7 Å². The highest BCUT2D eigenvalue weighted by Gasteiger charge is 2.35. The molecule has 38 heavy (non-hydrogen) atoms. The van der Waals surface area contributed by atoms with Crippen LogP contribution in [0, 0.1) is 0 Å². The maximum atomic E-state index is 14.0. The van der Waals surface area contributed by atoms with Crippen molar-refractivity contribution >= 4 is 34.3 Å². The summed E-state index contributed by atoms with van der Waals surface area (Å²) < 4.78 is 18.8. The number of H-pyrrole nitrogens is 1. The molecule has 8 nitrogen and oxygen atoms in total. The molecule has 9 heteroatoms. The number of aromatic amines is 1. The highest BCUT2D eigenvalue weighted by atomic mass is 32.1. The van der Waals surface area contributed by atoms with E-state index in [0.29, 0.717) is 31.9 Å². The molecule has 0 bridgehead atoms. The zero-order valence-corrected chi connectivity index (χ0v) is 22.5. The predicted molar refractivity (Wildman–Crippen MR) is 147 cm³/mol. The van der Waals surface area contributed by atoms with Crippen molar-refractivity contribution in [1.29, 1.82) is 0 Å². The molecular weight excluding hydrogens is 502 g/mol. The van der Waals surface area contributed by atoms with Gasteiger partial charge < -0.3 is 19.2 Å². The van der Waals surface area contributed by atoms with E-state index in [-0.39, 0.29) is 24.9 Å². The number of nitrogens with one attached hydrogen (secondary N) is 1. The first kappa shape index (κ1) is 25.7. The molecule has 3 heterocycles. The van der Waals surface area contributed by atoms with E-state index in [0.717, 1.165) is 16.5 Å². The fourth-order valence-electron chi connectivity index (χ4n) is 4.59. The van der Waals surface area contributed by atoms with Crippen LogP contribution in [0.3, 0.4) is 0 Å². The minimum Gasteiger partial charge on any atom is -0.491 e. The van der Waals surface area contributed by atoms with Gasteiger partial charge in [0, 0.05) is 35.3 Å². The highest BCUT2D eigenvalue weighted by Crippen LogP contribution is 2.36. The van der Waals surface area contributed by atoms with Crippen molar-refractivity contribution in [1.82, 2.24) is 9.55 Å². The molecule has 0 unspecified atom stereocenters. The minimum absolute atomic E-state index is 0.0912. The molecule has 1 aliphatic rings. The Morgan fingerprint density at radius 2 is 1.92 bits per heavy atom. The van der Waals surface area contributed by atoms with Crippen molar-refractivity contribution < 1.29 is 19.0 Å². The van der Waals surface area contributed by atoms with Crippen molar-refractivity contribution in [3.63, 3.8) is 0 Å². The second-order valence-electron chi connectivity index (χ2n) is 9.20. The summed E-state index contributed by atoms with van der Waals surface area (Å²) >= 11 is 1.29. The third-order valence-electron chi connectivity index (χ3n) is 6.25. The standard InChI is InChI=1S/C29H29N3O5S/c1-17(2)37-23-12-8-6-10-21(23)26-25(28(34)36-14-13-35-4)18(3)31-29-32(26)27(33)24(38-29)15-19-16-30-22-11-7-5-9-20(19)22/h5-12,15-17,26,30H,13-14H2,1-4H3/b24-15+/t26-/m1/s1. The largest absolute Gasteiger partial charge is 0.491 e. The second-order valence-corrected chi connectivity index (χ2v) is 10.2. The van der Waals surface area contributed by atoms with Gasteiger partial charge >= 0.3 is 5.97 Å². The number of carbonyl (C=O) groups is 1. The van der Waals surface area contributed by atoms with Gasteiger partial charge in [0.25, 0.3) is 5.56 Å². The number of thiazole rings is 1. The van der Waals surface area contributed by atoms with Crippen molar-refractivity contribution in [2.24, 2.45) is 4.99 Å². The van der Waals surface area contributed by atoms with E-state index in [2.05, 4.69) is 9.98 Å². The Bertz CT molecular complexity index is 1710. The maximum absolute atomic E-state index is 14.0. The van der Waals surface area contributed by atoms with Gasteiger partial charge in [-0.25, -0.2) is 9.79 Å². The van der Waals surface area contributed by atoms with Crippen molar-refractivity contribution in [2.45, 2.75) is 32.9 Å². The number of para-hydroxylation sites is 2. The molecule has 4 aromatic rings. The normalized spacial score (nSPS) is 15.6. The molecule has 196 valence electrons. The van der Waals surface area contributed by atoms with E-state index in [9.17, 15) is 9.59 Å². The lowest BCUT2D eigenvalue weighted by Gasteiger charge is -2.27. The zero-order chi connectivity index (χ0) is 26.8. The molecule has 0 fully saturated rings. The quantitative estimate of drug-likeness (QED) is 0.276. The third-order valence-corrected chi connectivity index (χ3v) is 7.23. The molecule has 2 aromatic carbocycles.